The van der Waals surface area contributed by atoms with Gasteiger partial charge in [0.15, 0.2) is 9.84 Å². The number of para-hydroxylation sites is 1. The van der Waals surface area contributed by atoms with Crippen LogP contribution in [0.4, 0.5) is 5.69 Å². The number of nitrogens with one attached hydrogen (secondary N) is 1. The van der Waals surface area contributed by atoms with Gasteiger partial charge >= 0.3 is 0 Å². The topological polar surface area (TPSA) is 63.2 Å². The number of rotatable bonds is 5. The molecule has 0 saturated heterocycles. The fourth-order valence-electron chi connectivity index (χ4n) is 1.96. The standard InChI is InChI=1S/C16H17NO3S2/c1-3-21-13-10-8-12(9-11-13)16(18)17-14-6-4-5-7-15(14)22(2,19)20/h4-11H,3H2,1-2H3,(H,17,18). The molecular weight excluding hydrogens is 318 g/mol. The van der Waals surface area contributed by atoms with E-state index in [1.165, 1.54) is 6.07 Å². The molecule has 4 nitrogen and oxygen atoms in total. The van der Waals surface area contributed by atoms with Crippen molar-refractivity contribution in [2.45, 2.75) is 16.7 Å². The summed E-state index contributed by atoms with van der Waals surface area (Å²) in [5.41, 5.74) is 0.783. The van der Waals surface area contributed by atoms with Crippen LogP contribution < -0.4 is 5.32 Å². The highest BCUT2D eigenvalue weighted by molar-refractivity contribution is 7.99. The number of amides is 1. The number of hydrogen-bond donors (Lipinski definition) is 1. The van der Waals surface area contributed by atoms with E-state index in [4.69, 9.17) is 0 Å². The average Bonchev–Trinajstić information content (AvgIpc) is 2.48. The van der Waals surface area contributed by atoms with Gasteiger partial charge in [-0.2, -0.15) is 0 Å². The van der Waals surface area contributed by atoms with Crippen LogP contribution in [0.5, 0.6) is 0 Å². The number of anilines is 1. The van der Waals surface area contributed by atoms with E-state index in [0.717, 1.165) is 16.9 Å². The van der Waals surface area contributed by atoms with E-state index < -0.39 is 9.84 Å². The molecule has 0 heterocycles. The predicted molar refractivity (Wildman–Crippen MR) is 90.3 cm³/mol. The van der Waals surface area contributed by atoms with Crippen molar-refractivity contribution in [2.24, 2.45) is 0 Å². The Hall–Kier alpha value is -1.79. The quantitative estimate of drug-likeness (QED) is 0.850. The molecular formula is C16H17NO3S2. The molecule has 22 heavy (non-hydrogen) atoms. The lowest BCUT2D eigenvalue weighted by Gasteiger charge is -2.10. The Bertz CT molecular complexity index is 768. The van der Waals surface area contributed by atoms with Gasteiger partial charge in [0.05, 0.1) is 10.6 Å². The van der Waals surface area contributed by atoms with E-state index in [-0.39, 0.29) is 10.8 Å². The lowest BCUT2D eigenvalue weighted by Crippen LogP contribution is -2.14. The van der Waals surface area contributed by atoms with Gasteiger partial charge in [0.1, 0.15) is 0 Å². The van der Waals surface area contributed by atoms with E-state index in [2.05, 4.69) is 12.2 Å². The van der Waals surface area contributed by atoms with Crippen LogP contribution in [0, 0.1) is 0 Å². The Morgan fingerprint density at radius 3 is 2.32 bits per heavy atom. The summed E-state index contributed by atoms with van der Waals surface area (Å²) in [5, 5.41) is 2.66. The van der Waals surface area contributed by atoms with Crippen molar-refractivity contribution in [1.29, 1.82) is 0 Å². The van der Waals surface area contributed by atoms with Crippen LogP contribution in [0.1, 0.15) is 17.3 Å². The van der Waals surface area contributed by atoms with Crippen molar-refractivity contribution in [1.82, 2.24) is 0 Å². The molecule has 0 atom stereocenters. The van der Waals surface area contributed by atoms with Gasteiger partial charge < -0.3 is 5.32 Å². The summed E-state index contributed by atoms with van der Waals surface area (Å²) in [4.78, 5) is 13.5. The van der Waals surface area contributed by atoms with E-state index >= 15 is 0 Å². The monoisotopic (exact) mass is 335 g/mol. The first-order chi connectivity index (χ1) is 10.4. The average molecular weight is 335 g/mol. The van der Waals surface area contributed by atoms with E-state index in [1.54, 1.807) is 42.1 Å². The van der Waals surface area contributed by atoms with Gasteiger partial charge in [0.25, 0.3) is 5.91 Å². The SMILES string of the molecule is CCSc1ccc(C(=O)Nc2ccccc2S(C)(=O)=O)cc1. The predicted octanol–water partition coefficient (Wildman–Crippen LogP) is 3.45. The molecule has 0 unspecified atom stereocenters. The minimum absolute atomic E-state index is 0.113. The second-order valence-electron chi connectivity index (χ2n) is 4.68. The second-order valence-corrected chi connectivity index (χ2v) is 8.00. The van der Waals surface area contributed by atoms with Crippen molar-refractivity contribution >= 4 is 33.2 Å². The maximum atomic E-state index is 12.2. The van der Waals surface area contributed by atoms with Gasteiger partial charge in [-0.1, -0.05) is 19.1 Å². The van der Waals surface area contributed by atoms with Gasteiger partial charge in [-0.15, -0.1) is 11.8 Å². The number of thioether (sulfide) groups is 1. The first-order valence-corrected chi connectivity index (χ1v) is 9.63. The van der Waals surface area contributed by atoms with Crippen LogP contribution in [-0.2, 0) is 9.84 Å². The molecule has 116 valence electrons. The fourth-order valence-corrected chi connectivity index (χ4v) is 3.46. The Morgan fingerprint density at radius 1 is 1.09 bits per heavy atom. The normalized spacial score (nSPS) is 11.2. The molecule has 0 aromatic heterocycles. The van der Waals surface area contributed by atoms with E-state index in [9.17, 15) is 13.2 Å². The van der Waals surface area contributed by atoms with E-state index in [0.29, 0.717) is 11.3 Å². The summed E-state index contributed by atoms with van der Waals surface area (Å²) in [6.07, 6.45) is 1.12. The van der Waals surface area contributed by atoms with Gasteiger partial charge in [-0.25, -0.2) is 8.42 Å². The molecule has 0 aliphatic rings. The molecule has 0 spiro atoms. The second kappa shape index (κ2) is 6.98. The van der Waals surface area contributed by atoms with Crippen molar-refractivity contribution < 1.29 is 13.2 Å². The summed E-state index contributed by atoms with van der Waals surface area (Å²) in [6, 6.07) is 13.6. The number of carbonyl (C=O) groups excluding carboxylic acids is 1. The zero-order chi connectivity index (χ0) is 16.2. The number of carbonyl (C=O) groups is 1. The van der Waals surface area contributed by atoms with Crippen LogP contribution in [0.3, 0.4) is 0 Å². The summed E-state index contributed by atoms with van der Waals surface area (Å²) in [5.74, 6) is 0.636. The Morgan fingerprint density at radius 2 is 1.73 bits per heavy atom. The molecule has 1 amide bonds. The summed E-state index contributed by atoms with van der Waals surface area (Å²) < 4.78 is 23.5. The molecule has 2 rings (SSSR count). The smallest absolute Gasteiger partial charge is 0.255 e. The molecule has 0 saturated carbocycles. The van der Waals surface area contributed by atoms with Crippen LogP contribution in [-0.4, -0.2) is 26.3 Å². The highest BCUT2D eigenvalue weighted by Crippen LogP contribution is 2.22. The van der Waals surface area contributed by atoms with Crippen LogP contribution >= 0.6 is 11.8 Å². The molecule has 0 fully saturated rings. The lowest BCUT2D eigenvalue weighted by atomic mass is 10.2. The Kier molecular flexibility index (Phi) is 5.26. The molecule has 6 heteroatoms. The first kappa shape index (κ1) is 16.6. The molecule has 0 bridgehead atoms. The fraction of sp³-hybridized carbons (Fsp3) is 0.188. The third-order valence-electron chi connectivity index (χ3n) is 2.96. The largest absolute Gasteiger partial charge is 0.321 e. The third-order valence-corrected chi connectivity index (χ3v) is 5.01. The Balaban J connectivity index is 2.22. The van der Waals surface area contributed by atoms with Gasteiger partial charge in [-0.3, -0.25) is 4.79 Å². The lowest BCUT2D eigenvalue weighted by molar-refractivity contribution is 0.102. The van der Waals surface area contributed by atoms with Gasteiger partial charge in [0, 0.05) is 16.7 Å². The minimum atomic E-state index is -3.39. The molecule has 2 aromatic carbocycles. The van der Waals surface area contributed by atoms with Crippen molar-refractivity contribution in [3.8, 4) is 0 Å². The summed E-state index contributed by atoms with van der Waals surface area (Å²) >= 11 is 1.69. The number of hydrogen-bond acceptors (Lipinski definition) is 4. The molecule has 1 N–H and O–H groups in total. The maximum absolute atomic E-state index is 12.2. The van der Waals surface area contributed by atoms with Crippen LogP contribution in [0.15, 0.2) is 58.3 Å². The highest BCUT2D eigenvalue weighted by Gasteiger charge is 2.15. The number of sulfone groups is 1. The number of benzene rings is 2. The minimum Gasteiger partial charge on any atom is -0.321 e. The van der Waals surface area contributed by atoms with Crippen molar-refractivity contribution in [3.05, 3.63) is 54.1 Å². The van der Waals surface area contributed by atoms with Gasteiger partial charge in [-0.05, 0) is 42.2 Å². The summed E-state index contributed by atoms with van der Waals surface area (Å²) in [6.45, 7) is 2.06. The zero-order valence-corrected chi connectivity index (χ0v) is 14.0. The van der Waals surface area contributed by atoms with Crippen molar-refractivity contribution in [3.63, 3.8) is 0 Å². The van der Waals surface area contributed by atoms with Gasteiger partial charge in [0.2, 0.25) is 0 Å². The molecule has 0 radical (unpaired) electrons. The van der Waals surface area contributed by atoms with Crippen LogP contribution in [0.2, 0.25) is 0 Å². The summed E-state index contributed by atoms with van der Waals surface area (Å²) in [7, 11) is -3.39. The Labute approximate surface area is 134 Å². The van der Waals surface area contributed by atoms with E-state index in [1.807, 2.05) is 12.1 Å². The maximum Gasteiger partial charge on any atom is 0.255 e. The van der Waals surface area contributed by atoms with Crippen molar-refractivity contribution in [2.75, 3.05) is 17.3 Å². The highest BCUT2D eigenvalue weighted by atomic mass is 32.2. The molecule has 0 aliphatic carbocycles. The zero-order valence-electron chi connectivity index (χ0n) is 12.4. The van der Waals surface area contributed by atoms with Crippen LogP contribution in [0.25, 0.3) is 0 Å². The molecule has 2 aromatic rings. The third kappa shape index (κ3) is 4.11. The first-order valence-electron chi connectivity index (χ1n) is 6.75. The molecule has 0 aliphatic heterocycles.